The molecule has 0 aromatic heterocycles. The highest BCUT2D eigenvalue weighted by Crippen LogP contribution is 2.30. The first kappa shape index (κ1) is 11.9. The van der Waals surface area contributed by atoms with Crippen LogP contribution >= 0.6 is 0 Å². The van der Waals surface area contributed by atoms with Crippen LogP contribution in [0.1, 0.15) is 31.4 Å². The van der Waals surface area contributed by atoms with Crippen molar-refractivity contribution in [2.75, 3.05) is 13.1 Å². The van der Waals surface area contributed by atoms with E-state index in [0.29, 0.717) is 18.1 Å². The Hall–Kier alpha value is -1.12. The average molecular weight is 242 g/mol. The van der Waals surface area contributed by atoms with E-state index < -0.39 is 0 Å². The molecule has 1 aromatic carbocycles. The smallest absolute Gasteiger partial charge is 0.0476 e. The maximum atomic E-state index is 3.62. The van der Waals surface area contributed by atoms with E-state index in [2.05, 4.69) is 59.6 Å². The third-order valence-electron chi connectivity index (χ3n) is 4.18. The van der Waals surface area contributed by atoms with Gasteiger partial charge in [0.05, 0.1) is 0 Å². The molecule has 0 spiro atoms. The number of nitrogens with zero attached hydrogens (tertiary/aromatic N) is 1. The molecule has 0 saturated carbocycles. The molecule has 1 aliphatic heterocycles. The van der Waals surface area contributed by atoms with Crippen molar-refractivity contribution in [1.82, 2.24) is 10.2 Å². The van der Waals surface area contributed by atoms with E-state index in [1.54, 1.807) is 0 Å². The van der Waals surface area contributed by atoms with Gasteiger partial charge in [0.15, 0.2) is 0 Å². The SMILES string of the molecule is CC1CN(C2CC=CC2)C(c2ccccc2)CN1. The Labute approximate surface area is 110 Å². The predicted octanol–water partition coefficient (Wildman–Crippen LogP) is 2.74. The Balaban J connectivity index is 1.81. The molecule has 2 unspecified atom stereocenters. The van der Waals surface area contributed by atoms with Crippen molar-refractivity contribution in [3.63, 3.8) is 0 Å². The van der Waals surface area contributed by atoms with E-state index in [1.165, 1.54) is 18.4 Å². The molecule has 0 radical (unpaired) electrons. The second kappa shape index (κ2) is 5.25. The van der Waals surface area contributed by atoms with Crippen LogP contribution in [-0.4, -0.2) is 30.1 Å². The fourth-order valence-corrected chi connectivity index (χ4v) is 3.20. The molecular weight excluding hydrogens is 220 g/mol. The number of hydrogen-bond donors (Lipinski definition) is 1. The van der Waals surface area contributed by atoms with Gasteiger partial charge in [-0.2, -0.15) is 0 Å². The quantitative estimate of drug-likeness (QED) is 0.802. The van der Waals surface area contributed by atoms with Crippen LogP contribution in [0.2, 0.25) is 0 Å². The molecule has 0 amide bonds. The molecule has 2 atom stereocenters. The van der Waals surface area contributed by atoms with Crippen LogP contribution < -0.4 is 5.32 Å². The molecule has 1 N–H and O–H groups in total. The fraction of sp³-hybridized carbons (Fsp3) is 0.500. The van der Waals surface area contributed by atoms with Gasteiger partial charge in [0.1, 0.15) is 0 Å². The van der Waals surface area contributed by atoms with Crippen molar-refractivity contribution < 1.29 is 0 Å². The monoisotopic (exact) mass is 242 g/mol. The number of hydrogen-bond acceptors (Lipinski definition) is 2. The molecule has 0 bridgehead atoms. The van der Waals surface area contributed by atoms with Gasteiger partial charge in [0, 0.05) is 31.2 Å². The Morgan fingerprint density at radius 3 is 2.56 bits per heavy atom. The van der Waals surface area contributed by atoms with Crippen molar-refractivity contribution in [3.05, 3.63) is 48.0 Å². The second-order valence-electron chi connectivity index (χ2n) is 5.53. The predicted molar refractivity (Wildman–Crippen MR) is 75.5 cm³/mol. The van der Waals surface area contributed by atoms with Gasteiger partial charge in [0.25, 0.3) is 0 Å². The minimum absolute atomic E-state index is 0.535. The first-order chi connectivity index (χ1) is 8.84. The first-order valence-corrected chi connectivity index (χ1v) is 7.03. The third-order valence-corrected chi connectivity index (χ3v) is 4.18. The summed E-state index contributed by atoms with van der Waals surface area (Å²) in [6.07, 6.45) is 7.10. The minimum Gasteiger partial charge on any atom is -0.311 e. The van der Waals surface area contributed by atoms with E-state index in [0.717, 1.165) is 13.1 Å². The van der Waals surface area contributed by atoms with E-state index in [1.807, 2.05) is 0 Å². The van der Waals surface area contributed by atoms with Crippen molar-refractivity contribution in [2.45, 2.75) is 37.9 Å². The van der Waals surface area contributed by atoms with Crippen LogP contribution in [0.25, 0.3) is 0 Å². The highest BCUT2D eigenvalue weighted by atomic mass is 15.3. The van der Waals surface area contributed by atoms with Gasteiger partial charge < -0.3 is 5.32 Å². The summed E-state index contributed by atoms with van der Waals surface area (Å²) in [6.45, 7) is 4.52. The van der Waals surface area contributed by atoms with Crippen LogP contribution in [-0.2, 0) is 0 Å². The summed E-state index contributed by atoms with van der Waals surface area (Å²) in [5.41, 5.74) is 1.45. The summed E-state index contributed by atoms with van der Waals surface area (Å²) in [6, 6.07) is 12.8. The summed E-state index contributed by atoms with van der Waals surface area (Å²) in [5.74, 6) is 0. The van der Waals surface area contributed by atoms with Crippen LogP contribution in [0.15, 0.2) is 42.5 Å². The topological polar surface area (TPSA) is 15.3 Å². The molecule has 2 nitrogen and oxygen atoms in total. The molecule has 1 heterocycles. The van der Waals surface area contributed by atoms with E-state index in [-0.39, 0.29) is 0 Å². The van der Waals surface area contributed by atoms with Gasteiger partial charge >= 0.3 is 0 Å². The maximum Gasteiger partial charge on any atom is 0.0476 e. The highest BCUT2D eigenvalue weighted by molar-refractivity contribution is 5.21. The molecule has 1 aliphatic carbocycles. The lowest BCUT2D eigenvalue weighted by molar-refractivity contribution is 0.0901. The Bertz CT molecular complexity index is 404. The van der Waals surface area contributed by atoms with Crippen LogP contribution in [0, 0.1) is 0 Å². The summed E-state index contributed by atoms with van der Waals surface area (Å²) in [4.78, 5) is 2.70. The lowest BCUT2D eigenvalue weighted by Gasteiger charge is -2.43. The summed E-state index contributed by atoms with van der Waals surface area (Å²) in [5, 5.41) is 3.62. The van der Waals surface area contributed by atoms with Gasteiger partial charge in [0.2, 0.25) is 0 Å². The normalized spacial score (nSPS) is 29.8. The third kappa shape index (κ3) is 2.36. The maximum absolute atomic E-state index is 3.62. The van der Waals surface area contributed by atoms with Crippen molar-refractivity contribution in [2.24, 2.45) is 0 Å². The Morgan fingerprint density at radius 2 is 1.83 bits per heavy atom. The lowest BCUT2D eigenvalue weighted by atomic mass is 9.98. The first-order valence-electron chi connectivity index (χ1n) is 7.03. The van der Waals surface area contributed by atoms with Gasteiger partial charge in [-0.05, 0) is 25.3 Å². The molecule has 18 heavy (non-hydrogen) atoms. The molecule has 1 aromatic rings. The average Bonchev–Trinajstić information content (AvgIpc) is 2.93. The van der Waals surface area contributed by atoms with Crippen molar-refractivity contribution >= 4 is 0 Å². The molecule has 1 fully saturated rings. The zero-order chi connectivity index (χ0) is 12.4. The van der Waals surface area contributed by atoms with Gasteiger partial charge in [-0.1, -0.05) is 42.5 Å². The molecule has 3 rings (SSSR count). The van der Waals surface area contributed by atoms with Gasteiger partial charge in [-0.25, -0.2) is 0 Å². The standard InChI is InChI=1S/C16H22N2/c1-13-12-18(15-9-5-6-10-15)16(11-17-13)14-7-3-2-4-8-14/h2-8,13,15-17H,9-12H2,1H3. The van der Waals surface area contributed by atoms with Crippen molar-refractivity contribution in [1.29, 1.82) is 0 Å². The van der Waals surface area contributed by atoms with Gasteiger partial charge in [-0.3, -0.25) is 4.90 Å². The molecule has 2 aliphatic rings. The molecule has 1 saturated heterocycles. The molecule has 2 heteroatoms. The van der Waals surface area contributed by atoms with E-state index in [9.17, 15) is 0 Å². The van der Waals surface area contributed by atoms with Crippen LogP contribution in [0.3, 0.4) is 0 Å². The summed E-state index contributed by atoms with van der Waals surface area (Å²) in [7, 11) is 0. The number of rotatable bonds is 2. The van der Waals surface area contributed by atoms with Crippen LogP contribution in [0.4, 0.5) is 0 Å². The lowest BCUT2D eigenvalue weighted by Crippen LogP contribution is -2.54. The second-order valence-corrected chi connectivity index (χ2v) is 5.53. The Morgan fingerprint density at radius 1 is 1.11 bits per heavy atom. The fourth-order valence-electron chi connectivity index (χ4n) is 3.20. The number of nitrogens with one attached hydrogen (secondary N) is 1. The van der Waals surface area contributed by atoms with E-state index >= 15 is 0 Å². The van der Waals surface area contributed by atoms with E-state index in [4.69, 9.17) is 0 Å². The number of piperazine rings is 1. The van der Waals surface area contributed by atoms with Crippen molar-refractivity contribution in [3.8, 4) is 0 Å². The minimum atomic E-state index is 0.535. The largest absolute Gasteiger partial charge is 0.311 e. The number of benzene rings is 1. The van der Waals surface area contributed by atoms with Crippen LogP contribution in [0.5, 0.6) is 0 Å². The van der Waals surface area contributed by atoms with Gasteiger partial charge in [-0.15, -0.1) is 0 Å². The zero-order valence-corrected chi connectivity index (χ0v) is 11.0. The molecule has 96 valence electrons. The molecular formula is C16H22N2. The Kier molecular flexibility index (Phi) is 3.48. The summed E-state index contributed by atoms with van der Waals surface area (Å²) >= 11 is 0. The zero-order valence-electron chi connectivity index (χ0n) is 11.0. The highest BCUT2D eigenvalue weighted by Gasteiger charge is 2.32. The summed E-state index contributed by atoms with van der Waals surface area (Å²) < 4.78 is 0.